The third-order valence-corrected chi connectivity index (χ3v) is 2.57. The van der Waals surface area contributed by atoms with Gasteiger partial charge in [0.15, 0.2) is 0 Å². The molecule has 0 aliphatic carbocycles. The van der Waals surface area contributed by atoms with Gasteiger partial charge in [0.1, 0.15) is 5.82 Å². The van der Waals surface area contributed by atoms with Gasteiger partial charge in [0.2, 0.25) is 0 Å². The zero-order valence-corrected chi connectivity index (χ0v) is 8.56. The summed E-state index contributed by atoms with van der Waals surface area (Å²) in [4.78, 5) is 0. The van der Waals surface area contributed by atoms with E-state index in [4.69, 9.17) is 0 Å². The van der Waals surface area contributed by atoms with E-state index in [-0.39, 0.29) is 5.82 Å². The Morgan fingerprint density at radius 1 is 1.43 bits per heavy atom. The summed E-state index contributed by atoms with van der Waals surface area (Å²) in [5, 5.41) is 7.75. The zero-order chi connectivity index (χ0) is 10.3. The standard InChI is InChI=1S/C11H13FN2/c1-6(2)11-7(3)9(12)4-10-8(11)5-13-14-10/h4-6H,1-3H3,(H,13,14). The third-order valence-electron chi connectivity index (χ3n) is 2.57. The van der Waals surface area contributed by atoms with Crippen molar-refractivity contribution in [1.82, 2.24) is 10.2 Å². The first kappa shape index (κ1) is 9.19. The molecular formula is C11H13FN2. The molecule has 2 aromatic rings. The number of benzene rings is 1. The maximum absolute atomic E-state index is 13.5. The Morgan fingerprint density at radius 2 is 2.14 bits per heavy atom. The molecule has 0 fully saturated rings. The van der Waals surface area contributed by atoms with Crippen LogP contribution in [0.15, 0.2) is 12.3 Å². The van der Waals surface area contributed by atoms with Gasteiger partial charge in [0.05, 0.1) is 11.7 Å². The quantitative estimate of drug-likeness (QED) is 0.738. The molecule has 1 aromatic heterocycles. The van der Waals surface area contributed by atoms with Crippen LogP contribution in [0.2, 0.25) is 0 Å². The van der Waals surface area contributed by atoms with E-state index in [0.717, 1.165) is 22.0 Å². The van der Waals surface area contributed by atoms with Gasteiger partial charge in [0, 0.05) is 5.39 Å². The van der Waals surface area contributed by atoms with E-state index >= 15 is 0 Å². The van der Waals surface area contributed by atoms with Crippen LogP contribution in [0, 0.1) is 12.7 Å². The van der Waals surface area contributed by atoms with Crippen molar-refractivity contribution in [2.24, 2.45) is 0 Å². The van der Waals surface area contributed by atoms with E-state index in [1.807, 2.05) is 6.92 Å². The molecule has 0 aliphatic heterocycles. The fraction of sp³-hybridized carbons (Fsp3) is 0.364. The molecule has 0 amide bonds. The van der Waals surface area contributed by atoms with Crippen LogP contribution in [-0.2, 0) is 0 Å². The molecular weight excluding hydrogens is 179 g/mol. The van der Waals surface area contributed by atoms with E-state index in [2.05, 4.69) is 24.0 Å². The van der Waals surface area contributed by atoms with E-state index in [9.17, 15) is 4.39 Å². The average molecular weight is 192 g/mol. The number of aromatic amines is 1. The van der Waals surface area contributed by atoms with Crippen LogP contribution in [0.3, 0.4) is 0 Å². The minimum Gasteiger partial charge on any atom is -0.278 e. The molecule has 0 aliphatic rings. The van der Waals surface area contributed by atoms with Gasteiger partial charge in [-0.3, -0.25) is 5.10 Å². The highest BCUT2D eigenvalue weighted by Gasteiger charge is 2.13. The molecule has 0 saturated carbocycles. The highest BCUT2D eigenvalue weighted by atomic mass is 19.1. The fourth-order valence-electron chi connectivity index (χ4n) is 1.93. The van der Waals surface area contributed by atoms with Crippen LogP contribution in [0.25, 0.3) is 10.9 Å². The van der Waals surface area contributed by atoms with Gasteiger partial charge in [-0.05, 0) is 30.0 Å². The normalized spacial score (nSPS) is 11.5. The molecule has 0 radical (unpaired) electrons. The third kappa shape index (κ3) is 1.20. The van der Waals surface area contributed by atoms with Crippen LogP contribution in [0.1, 0.15) is 30.9 Å². The summed E-state index contributed by atoms with van der Waals surface area (Å²) in [5.74, 6) is 0.149. The van der Waals surface area contributed by atoms with Crippen LogP contribution >= 0.6 is 0 Å². The van der Waals surface area contributed by atoms with Crippen molar-refractivity contribution in [3.63, 3.8) is 0 Å². The highest BCUT2D eigenvalue weighted by molar-refractivity contribution is 5.83. The summed E-state index contributed by atoms with van der Waals surface area (Å²) < 4.78 is 13.5. The average Bonchev–Trinajstić information content (AvgIpc) is 2.52. The molecule has 2 rings (SSSR count). The van der Waals surface area contributed by atoms with Crippen LogP contribution < -0.4 is 0 Å². The van der Waals surface area contributed by atoms with E-state index < -0.39 is 0 Å². The van der Waals surface area contributed by atoms with Crippen LogP contribution in [0.5, 0.6) is 0 Å². The monoisotopic (exact) mass is 192 g/mol. The van der Waals surface area contributed by atoms with Crippen molar-refractivity contribution in [1.29, 1.82) is 0 Å². The van der Waals surface area contributed by atoms with Gasteiger partial charge in [0.25, 0.3) is 0 Å². The molecule has 3 heteroatoms. The SMILES string of the molecule is Cc1c(F)cc2[nH]ncc2c1C(C)C. The Morgan fingerprint density at radius 3 is 2.79 bits per heavy atom. The Kier molecular flexibility index (Phi) is 2.02. The van der Waals surface area contributed by atoms with Crippen molar-refractivity contribution in [3.05, 3.63) is 29.2 Å². The Hall–Kier alpha value is -1.38. The predicted molar refractivity (Wildman–Crippen MR) is 54.9 cm³/mol. The lowest BCUT2D eigenvalue weighted by atomic mass is 9.94. The van der Waals surface area contributed by atoms with Crippen molar-refractivity contribution in [2.75, 3.05) is 0 Å². The second-order valence-corrected chi connectivity index (χ2v) is 3.88. The maximum atomic E-state index is 13.5. The Bertz CT molecular complexity index is 471. The first-order chi connectivity index (χ1) is 6.61. The number of nitrogens with one attached hydrogen (secondary N) is 1. The van der Waals surface area contributed by atoms with Gasteiger partial charge in [-0.1, -0.05) is 13.8 Å². The number of fused-ring (bicyclic) bond motifs is 1. The zero-order valence-electron chi connectivity index (χ0n) is 8.56. The molecule has 0 saturated heterocycles. The lowest BCUT2D eigenvalue weighted by molar-refractivity contribution is 0.615. The number of H-pyrrole nitrogens is 1. The maximum Gasteiger partial charge on any atom is 0.128 e. The summed E-state index contributed by atoms with van der Waals surface area (Å²) in [6.45, 7) is 5.94. The molecule has 2 nitrogen and oxygen atoms in total. The molecule has 1 heterocycles. The van der Waals surface area contributed by atoms with E-state index in [1.54, 1.807) is 6.20 Å². The number of hydrogen-bond donors (Lipinski definition) is 1. The molecule has 14 heavy (non-hydrogen) atoms. The van der Waals surface area contributed by atoms with Gasteiger partial charge < -0.3 is 0 Å². The second kappa shape index (κ2) is 3.08. The number of nitrogens with zero attached hydrogens (tertiary/aromatic N) is 1. The minimum atomic E-state index is -0.162. The molecule has 0 bridgehead atoms. The number of hydrogen-bond acceptors (Lipinski definition) is 1. The number of halogens is 1. The van der Waals surface area contributed by atoms with E-state index in [0.29, 0.717) is 5.92 Å². The van der Waals surface area contributed by atoms with E-state index in [1.165, 1.54) is 6.07 Å². The molecule has 0 atom stereocenters. The number of aromatic nitrogens is 2. The lowest BCUT2D eigenvalue weighted by Crippen LogP contribution is -1.96. The fourth-order valence-corrected chi connectivity index (χ4v) is 1.93. The largest absolute Gasteiger partial charge is 0.278 e. The van der Waals surface area contributed by atoms with Gasteiger partial charge >= 0.3 is 0 Å². The second-order valence-electron chi connectivity index (χ2n) is 3.88. The number of rotatable bonds is 1. The molecule has 74 valence electrons. The van der Waals surface area contributed by atoms with Gasteiger partial charge in [-0.2, -0.15) is 5.10 Å². The van der Waals surface area contributed by atoms with Crippen molar-refractivity contribution in [2.45, 2.75) is 26.7 Å². The first-order valence-corrected chi connectivity index (χ1v) is 4.73. The van der Waals surface area contributed by atoms with Crippen molar-refractivity contribution < 1.29 is 4.39 Å². The highest BCUT2D eigenvalue weighted by Crippen LogP contribution is 2.29. The predicted octanol–water partition coefficient (Wildman–Crippen LogP) is 3.13. The summed E-state index contributed by atoms with van der Waals surface area (Å²) in [6, 6.07) is 1.50. The molecule has 1 N–H and O–H groups in total. The molecule has 0 unspecified atom stereocenters. The topological polar surface area (TPSA) is 28.7 Å². The first-order valence-electron chi connectivity index (χ1n) is 4.73. The summed E-state index contributed by atoms with van der Waals surface area (Å²) in [6.07, 6.45) is 1.76. The van der Waals surface area contributed by atoms with Crippen molar-refractivity contribution in [3.8, 4) is 0 Å². The van der Waals surface area contributed by atoms with Crippen LogP contribution in [0.4, 0.5) is 4.39 Å². The molecule has 1 aromatic carbocycles. The Balaban J connectivity index is 2.86. The Labute approximate surface area is 82.1 Å². The van der Waals surface area contributed by atoms with Gasteiger partial charge in [-0.15, -0.1) is 0 Å². The van der Waals surface area contributed by atoms with Gasteiger partial charge in [-0.25, -0.2) is 4.39 Å². The van der Waals surface area contributed by atoms with Crippen molar-refractivity contribution >= 4 is 10.9 Å². The van der Waals surface area contributed by atoms with Crippen LogP contribution in [-0.4, -0.2) is 10.2 Å². The summed E-state index contributed by atoms with van der Waals surface area (Å²) >= 11 is 0. The summed E-state index contributed by atoms with van der Waals surface area (Å²) in [7, 11) is 0. The smallest absolute Gasteiger partial charge is 0.128 e. The summed E-state index contributed by atoms with van der Waals surface area (Å²) in [5.41, 5.74) is 2.56. The minimum absolute atomic E-state index is 0.162. The molecule has 0 spiro atoms. The lowest BCUT2D eigenvalue weighted by Gasteiger charge is -2.11.